The van der Waals surface area contributed by atoms with Gasteiger partial charge in [0, 0.05) is 18.8 Å². The first-order valence-corrected chi connectivity index (χ1v) is 6.90. The van der Waals surface area contributed by atoms with Gasteiger partial charge in [0.2, 0.25) is 0 Å². The lowest BCUT2D eigenvalue weighted by atomic mass is 10.2. The number of nitrogens with one attached hydrogen (secondary N) is 1. The second-order valence-electron chi connectivity index (χ2n) is 4.74. The van der Waals surface area contributed by atoms with Gasteiger partial charge in [-0.2, -0.15) is 18.3 Å². The molecule has 0 aromatic carbocycles. The Morgan fingerprint density at radius 1 is 1.44 bits per heavy atom. The third-order valence-corrected chi connectivity index (χ3v) is 3.25. The van der Waals surface area contributed by atoms with E-state index in [2.05, 4.69) is 15.4 Å². The van der Waals surface area contributed by atoms with Crippen LogP contribution < -0.4 is 11.1 Å². The first-order valence-electron chi connectivity index (χ1n) is 6.52. The lowest BCUT2D eigenvalue weighted by Crippen LogP contribution is -2.38. The molecular formula is C13H15Cl3F3N5O. The van der Waals surface area contributed by atoms with Gasteiger partial charge in [0.1, 0.15) is 0 Å². The van der Waals surface area contributed by atoms with Crippen LogP contribution >= 0.6 is 36.4 Å². The highest BCUT2D eigenvalue weighted by Crippen LogP contribution is 2.34. The molecule has 2 aromatic heterocycles. The smallest absolute Gasteiger partial charge is 0.348 e. The molecule has 3 N–H and O–H groups in total. The van der Waals surface area contributed by atoms with Gasteiger partial charge >= 0.3 is 6.18 Å². The molecular weight excluding hydrogens is 406 g/mol. The zero-order valence-corrected chi connectivity index (χ0v) is 15.1. The summed E-state index contributed by atoms with van der Waals surface area (Å²) in [6.07, 6.45) is -2.72. The number of pyridine rings is 1. The van der Waals surface area contributed by atoms with Crippen LogP contribution in [0.15, 0.2) is 24.5 Å². The number of rotatable bonds is 4. The van der Waals surface area contributed by atoms with Gasteiger partial charge in [-0.3, -0.25) is 4.79 Å². The third-order valence-electron chi connectivity index (χ3n) is 2.95. The number of aromatic nitrogens is 3. The number of halogens is 6. The summed E-state index contributed by atoms with van der Waals surface area (Å²) in [6, 6.07) is 2.37. The zero-order chi connectivity index (χ0) is 17.2. The van der Waals surface area contributed by atoms with Crippen molar-refractivity contribution in [2.24, 2.45) is 5.73 Å². The summed E-state index contributed by atoms with van der Waals surface area (Å²) in [5, 5.41) is 5.97. The predicted molar refractivity (Wildman–Crippen MR) is 91.8 cm³/mol. The Balaban J connectivity index is 0.00000288. The fourth-order valence-corrected chi connectivity index (χ4v) is 2.04. The molecule has 0 aliphatic carbocycles. The van der Waals surface area contributed by atoms with Crippen LogP contribution in [0.3, 0.4) is 0 Å². The van der Waals surface area contributed by atoms with Crippen molar-refractivity contribution in [3.05, 3.63) is 40.8 Å². The van der Waals surface area contributed by atoms with E-state index in [1.807, 2.05) is 0 Å². The van der Waals surface area contributed by atoms with E-state index < -0.39 is 29.4 Å². The molecule has 2 aromatic rings. The van der Waals surface area contributed by atoms with Crippen LogP contribution in [0, 0.1) is 0 Å². The van der Waals surface area contributed by atoms with Crippen molar-refractivity contribution in [1.82, 2.24) is 20.1 Å². The SMILES string of the molecule is C[C@@H](CN)NC(=O)c1cnn(-c2ncccc2Cl)c1C(F)(F)F.Cl.Cl. The molecule has 140 valence electrons. The molecule has 25 heavy (non-hydrogen) atoms. The van der Waals surface area contributed by atoms with Gasteiger partial charge in [0.15, 0.2) is 11.5 Å². The molecule has 0 fully saturated rings. The summed E-state index contributed by atoms with van der Waals surface area (Å²) in [6.45, 7) is 1.67. The number of amides is 1. The Morgan fingerprint density at radius 2 is 2.08 bits per heavy atom. The number of alkyl halides is 3. The van der Waals surface area contributed by atoms with Crippen molar-refractivity contribution in [3.8, 4) is 5.82 Å². The van der Waals surface area contributed by atoms with Gasteiger partial charge in [-0.15, -0.1) is 24.8 Å². The minimum absolute atomic E-state index is 0. The lowest BCUT2D eigenvalue weighted by Gasteiger charge is -2.14. The second kappa shape index (κ2) is 9.23. The van der Waals surface area contributed by atoms with Crippen LogP contribution in [0.4, 0.5) is 13.2 Å². The molecule has 12 heteroatoms. The summed E-state index contributed by atoms with van der Waals surface area (Å²) in [4.78, 5) is 15.8. The topological polar surface area (TPSA) is 85.8 Å². The lowest BCUT2D eigenvalue weighted by molar-refractivity contribution is -0.143. The minimum Gasteiger partial charge on any atom is -0.348 e. The summed E-state index contributed by atoms with van der Waals surface area (Å²) in [5.41, 5.74) is 3.48. The average Bonchev–Trinajstić information content (AvgIpc) is 2.92. The standard InChI is InChI=1S/C13H13ClF3N5O.2ClH/c1-7(5-18)21-12(23)8-6-20-22(10(8)13(15,16)17)11-9(14)3-2-4-19-11;;/h2-4,6-7H,5,18H2,1H3,(H,21,23);2*1H/t7-;;/m0../s1. The molecule has 0 aliphatic heterocycles. The maximum Gasteiger partial charge on any atom is 0.434 e. The molecule has 2 rings (SSSR count). The van der Waals surface area contributed by atoms with Gasteiger partial charge in [-0.05, 0) is 19.1 Å². The Hall–Kier alpha value is -1.55. The Morgan fingerprint density at radius 3 is 2.60 bits per heavy atom. The normalized spacial score (nSPS) is 11.9. The number of carbonyl (C=O) groups excluding carboxylic acids is 1. The summed E-state index contributed by atoms with van der Waals surface area (Å²) in [7, 11) is 0. The molecule has 0 radical (unpaired) electrons. The van der Waals surface area contributed by atoms with E-state index in [1.54, 1.807) is 6.92 Å². The Bertz CT molecular complexity index is 723. The van der Waals surface area contributed by atoms with Gasteiger partial charge in [0.25, 0.3) is 5.91 Å². The van der Waals surface area contributed by atoms with E-state index in [1.165, 1.54) is 18.3 Å². The number of nitrogens with zero attached hydrogens (tertiary/aromatic N) is 3. The number of hydrogen-bond acceptors (Lipinski definition) is 4. The van der Waals surface area contributed by atoms with Gasteiger partial charge in [-0.25, -0.2) is 9.67 Å². The highest BCUT2D eigenvalue weighted by Gasteiger charge is 2.41. The van der Waals surface area contributed by atoms with Crippen LogP contribution in [0.1, 0.15) is 23.0 Å². The van der Waals surface area contributed by atoms with Gasteiger partial charge in [0.05, 0.1) is 16.8 Å². The molecule has 6 nitrogen and oxygen atoms in total. The largest absolute Gasteiger partial charge is 0.434 e. The summed E-state index contributed by atoms with van der Waals surface area (Å²) < 4.78 is 40.7. The molecule has 0 saturated carbocycles. The van der Waals surface area contributed by atoms with E-state index in [0.29, 0.717) is 4.68 Å². The fraction of sp³-hybridized carbons (Fsp3) is 0.308. The van der Waals surface area contributed by atoms with E-state index in [0.717, 1.165) is 6.20 Å². The zero-order valence-electron chi connectivity index (χ0n) is 12.7. The summed E-state index contributed by atoms with van der Waals surface area (Å²) >= 11 is 5.87. The monoisotopic (exact) mass is 419 g/mol. The first-order chi connectivity index (χ1) is 10.8. The van der Waals surface area contributed by atoms with Crippen molar-refractivity contribution in [2.75, 3.05) is 6.54 Å². The molecule has 1 atom stereocenters. The molecule has 0 aliphatic rings. The van der Waals surface area contributed by atoms with E-state index in [9.17, 15) is 18.0 Å². The predicted octanol–water partition coefficient (Wildman–Crippen LogP) is 2.86. The van der Waals surface area contributed by atoms with Crippen LogP contribution in [0.2, 0.25) is 5.02 Å². The van der Waals surface area contributed by atoms with Crippen LogP contribution in [0.5, 0.6) is 0 Å². The third kappa shape index (κ3) is 5.21. The fourth-order valence-electron chi connectivity index (χ4n) is 1.84. The van der Waals surface area contributed by atoms with Crippen molar-refractivity contribution in [3.63, 3.8) is 0 Å². The maximum absolute atomic E-state index is 13.4. The van der Waals surface area contributed by atoms with Crippen molar-refractivity contribution in [1.29, 1.82) is 0 Å². The van der Waals surface area contributed by atoms with E-state index in [4.69, 9.17) is 17.3 Å². The van der Waals surface area contributed by atoms with Crippen LogP contribution in [0.25, 0.3) is 5.82 Å². The molecule has 2 heterocycles. The van der Waals surface area contributed by atoms with Crippen molar-refractivity contribution < 1.29 is 18.0 Å². The average molecular weight is 421 g/mol. The molecule has 0 bridgehead atoms. The van der Waals surface area contributed by atoms with Gasteiger partial charge in [-0.1, -0.05) is 11.6 Å². The molecule has 0 unspecified atom stereocenters. The second-order valence-corrected chi connectivity index (χ2v) is 5.14. The van der Waals surface area contributed by atoms with Crippen molar-refractivity contribution >= 4 is 42.3 Å². The number of carbonyl (C=O) groups is 1. The first kappa shape index (κ1) is 23.4. The maximum atomic E-state index is 13.4. The summed E-state index contributed by atoms with van der Waals surface area (Å²) in [5.74, 6) is -1.14. The molecule has 1 amide bonds. The van der Waals surface area contributed by atoms with Crippen LogP contribution in [-0.4, -0.2) is 33.3 Å². The Labute approximate surface area is 158 Å². The van der Waals surface area contributed by atoms with Gasteiger partial charge < -0.3 is 11.1 Å². The highest BCUT2D eigenvalue weighted by atomic mass is 35.5. The minimum atomic E-state index is -4.82. The van der Waals surface area contributed by atoms with Crippen LogP contribution in [-0.2, 0) is 6.18 Å². The van der Waals surface area contributed by atoms with E-state index >= 15 is 0 Å². The molecule has 0 saturated heterocycles. The Kier molecular flexibility index (Phi) is 8.66. The molecule has 0 spiro atoms. The number of nitrogens with two attached hydrogens (primary N) is 1. The highest BCUT2D eigenvalue weighted by molar-refractivity contribution is 6.32. The number of hydrogen-bond donors (Lipinski definition) is 2. The van der Waals surface area contributed by atoms with E-state index in [-0.39, 0.29) is 42.2 Å². The van der Waals surface area contributed by atoms with Crippen molar-refractivity contribution in [2.45, 2.75) is 19.1 Å². The quantitative estimate of drug-likeness (QED) is 0.796.